The molecule has 0 spiro atoms. The average molecular weight is 503 g/mol. The summed E-state index contributed by atoms with van der Waals surface area (Å²) in [4.78, 5) is 23.7. The van der Waals surface area contributed by atoms with E-state index in [9.17, 15) is 4.79 Å². The van der Waals surface area contributed by atoms with Crippen molar-refractivity contribution in [1.29, 1.82) is 0 Å². The fourth-order valence-electron chi connectivity index (χ4n) is 3.82. The predicted molar refractivity (Wildman–Crippen MR) is 143 cm³/mol. The van der Waals surface area contributed by atoms with Crippen LogP contribution in [0, 0.1) is 0 Å². The van der Waals surface area contributed by atoms with Crippen LogP contribution in [0.25, 0.3) is 11.4 Å². The van der Waals surface area contributed by atoms with Crippen LogP contribution in [0.15, 0.2) is 48.8 Å². The van der Waals surface area contributed by atoms with Crippen LogP contribution in [0.5, 0.6) is 5.75 Å². The van der Waals surface area contributed by atoms with Crippen molar-refractivity contribution in [2.24, 2.45) is 7.05 Å². The third-order valence-corrected chi connectivity index (χ3v) is 5.74. The van der Waals surface area contributed by atoms with Crippen molar-refractivity contribution in [1.82, 2.24) is 35.3 Å². The van der Waals surface area contributed by atoms with Crippen LogP contribution < -0.4 is 25.6 Å². The highest BCUT2D eigenvalue weighted by atomic mass is 16.5. The number of pyridine rings is 1. The molecule has 12 heteroatoms. The number of rotatable bonds is 8. The number of aryl methyl sites for hydroxylation is 1. The van der Waals surface area contributed by atoms with Crippen molar-refractivity contribution in [2.45, 2.75) is 13.8 Å². The van der Waals surface area contributed by atoms with Crippen LogP contribution in [0.4, 0.5) is 28.8 Å². The maximum Gasteiger partial charge on any atom is 0.273 e. The second kappa shape index (κ2) is 10.9. The van der Waals surface area contributed by atoms with E-state index in [0.29, 0.717) is 40.1 Å². The molecule has 3 aromatic heterocycles. The van der Waals surface area contributed by atoms with Crippen molar-refractivity contribution in [2.75, 3.05) is 42.8 Å². The molecule has 4 aromatic rings. The van der Waals surface area contributed by atoms with Gasteiger partial charge in [0.15, 0.2) is 23.1 Å². The normalized spacial score (nSPS) is 12.2. The third kappa shape index (κ3) is 5.27. The number of benzene rings is 1. The summed E-state index contributed by atoms with van der Waals surface area (Å²) in [5, 5.41) is 21.8. The van der Waals surface area contributed by atoms with E-state index in [-0.39, 0.29) is 19.0 Å². The molecule has 1 amide bonds. The lowest BCUT2D eigenvalue weighted by Gasteiger charge is -2.32. The van der Waals surface area contributed by atoms with E-state index < -0.39 is 0 Å². The van der Waals surface area contributed by atoms with Crippen LogP contribution in [0.1, 0.15) is 24.3 Å². The average Bonchev–Trinajstić information content (AvgIpc) is 3.29. The summed E-state index contributed by atoms with van der Waals surface area (Å²) in [6.45, 7) is 2.00. The zero-order chi connectivity index (χ0) is 25.1. The number of aromatic nitrogens is 6. The van der Waals surface area contributed by atoms with Gasteiger partial charge in [-0.1, -0.05) is 19.6 Å². The fourth-order valence-corrected chi connectivity index (χ4v) is 3.82. The largest absolute Gasteiger partial charge is 0.494 e. The maximum atomic E-state index is 12.6. The molecule has 1 saturated heterocycles. The van der Waals surface area contributed by atoms with E-state index in [1.54, 1.807) is 38.3 Å². The zero-order valence-electron chi connectivity index (χ0n) is 20.2. The molecular formula is C25H30N10O2. The molecule has 1 aliphatic heterocycles. The van der Waals surface area contributed by atoms with Gasteiger partial charge in [-0.25, -0.2) is 9.97 Å². The van der Waals surface area contributed by atoms with Crippen molar-refractivity contribution < 1.29 is 9.53 Å². The van der Waals surface area contributed by atoms with Gasteiger partial charge in [0.25, 0.3) is 5.91 Å². The molecule has 5 rings (SSSR count). The first-order chi connectivity index (χ1) is 17.6. The minimum Gasteiger partial charge on any atom is -0.494 e. The number of carbonyl (C=O) groups is 1. The standard InChI is InChI=1S/C24H26N10O2.CH4/c1-25-24(35)21-17(27-16-8-4-7-15(22(16)36-3)23-26-14-33(2)32-23)13-19(30-31-21)28-18-9-5-10-20(29-18)34-11-6-12-34;/h4-5,7-10,13-14H,6,11-12H2,1-3H3,(H,25,35)(H2,27,28,29,30);1H4. The van der Waals surface area contributed by atoms with Crippen LogP contribution in [0.2, 0.25) is 0 Å². The molecule has 3 N–H and O–H groups in total. The summed E-state index contributed by atoms with van der Waals surface area (Å²) in [6.07, 6.45) is 2.79. The number of anilines is 5. The molecule has 1 fully saturated rings. The molecule has 0 saturated carbocycles. The molecular weight excluding hydrogens is 472 g/mol. The van der Waals surface area contributed by atoms with Gasteiger partial charge in [0.2, 0.25) is 0 Å². The quantitative estimate of drug-likeness (QED) is 0.329. The van der Waals surface area contributed by atoms with E-state index in [4.69, 9.17) is 4.74 Å². The monoisotopic (exact) mass is 502 g/mol. The minimum atomic E-state index is -0.379. The van der Waals surface area contributed by atoms with Gasteiger partial charge in [0.1, 0.15) is 18.0 Å². The minimum absolute atomic E-state index is 0. The van der Waals surface area contributed by atoms with E-state index in [2.05, 4.69) is 46.1 Å². The Bertz CT molecular complexity index is 1400. The van der Waals surface area contributed by atoms with Gasteiger partial charge in [-0.05, 0) is 30.7 Å². The lowest BCUT2D eigenvalue weighted by atomic mass is 10.1. The Balaban J connectivity index is 0.00000320. The third-order valence-electron chi connectivity index (χ3n) is 5.74. The molecule has 0 atom stereocenters. The van der Waals surface area contributed by atoms with E-state index in [0.717, 1.165) is 18.9 Å². The highest BCUT2D eigenvalue weighted by Crippen LogP contribution is 2.37. The highest BCUT2D eigenvalue weighted by Gasteiger charge is 2.20. The number of nitrogens with one attached hydrogen (secondary N) is 3. The topological polar surface area (TPSA) is 135 Å². The van der Waals surface area contributed by atoms with Crippen LogP contribution in [0.3, 0.4) is 0 Å². The lowest BCUT2D eigenvalue weighted by molar-refractivity contribution is 0.0958. The molecule has 1 aromatic carbocycles. The molecule has 0 bridgehead atoms. The van der Waals surface area contributed by atoms with E-state index >= 15 is 0 Å². The Labute approximate surface area is 215 Å². The van der Waals surface area contributed by atoms with Crippen molar-refractivity contribution in [3.63, 3.8) is 0 Å². The first kappa shape index (κ1) is 25.4. The van der Waals surface area contributed by atoms with Crippen LogP contribution in [-0.4, -0.2) is 63.1 Å². The van der Waals surface area contributed by atoms with Gasteiger partial charge >= 0.3 is 0 Å². The Hall–Kier alpha value is -4.74. The van der Waals surface area contributed by atoms with Gasteiger partial charge in [-0.2, -0.15) is 5.10 Å². The van der Waals surface area contributed by atoms with Crippen LogP contribution >= 0.6 is 0 Å². The Morgan fingerprint density at radius 3 is 2.51 bits per heavy atom. The predicted octanol–water partition coefficient (Wildman–Crippen LogP) is 3.37. The number of hydrogen-bond donors (Lipinski definition) is 3. The first-order valence-electron chi connectivity index (χ1n) is 11.4. The summed E-state index contributed by atoms with van der Waals surface area (Å²) >= 11 is 0. The number of carbonyl (C=O) groups excluding carboxylic acids is 1. The van der Waals surface area contributed by atoms with E-state index in [1.807, 2.05) is 36.4 Å². The number of amides is 1. The van der Waals surface area contributed by atoms with E-state index in [1.165, 1.54) is 6.42 Å². The van der Waals surface area contributed by atoms with Gasteiger partial charge in [-0.3, -0.25) is 9.48 Å². The SMILES string of the molecule is C.CNC(=O)c1nnc(Nc2cccc(N3CCC3)n2)cc1Nc1cccc(-c2ncn(C)n2)c1OC. The molecule has 1 aliphatic rings. The molecule has 192 valence electrons. The second-order valence-corrected chi connectivity index (χ2v) is 8.17. The van der Waals surface area contributed by atoms with Gasteiger partial charge in [0, 0.05) is 33.3 Å². The van der Waals surface area contributed by atoms with Gasteiger partial charge in [-0.15, -0.1) is 10.2 Å². The summed E-state index contributed by atoms with van der Waals surface area (Å²) in [6, 6.07) is 13.1. The Kier molecular flexibility index (Phi) is 7.47. The molecule has 12 nitrogen and oxygen atoms in total. The Morgan fingerprint density at radius 2 is 1.84 bits per heavy atom. The number of nitrogens with zero attached hydrogens (tertiary/aromatic N) is 7. The molecule has 0 radical (unpaired) electrons. The molecule has 37 heavy (non-hydrogen) atoms. The zero-order valence-corrected chi connectivity index (χ0v) is 20.2. The lowest BCUT2D eigenvalue weighted by Crippen LogP contribution is -2.37. The number of para-hydroxylation sites is 1. The van der Waals surface area contributed by atoms with Crippen molar-refractivity contribution in [3.05, 3.63) is 54.5 Å². The van der Waals surface area contributed by atoms with Gasteiger partial charge in [0.05, 0.1) is 24.0 Å². The fraction of sp³-hybridized carbons (Fsp3) is 0.280. The summed E-state index contributed by atoms with van der Waals surface area (Å²) in [5.74, 6) is 2.64. The Morgan fingerprint density at radius 1 is 1.03 bits per heavy atom. The van der Waals surface area contributed by atoms with Gasteiger partial charge < -0.3 is 25.6 Å². The number of ether oxygens (including phenoxy) is 1. The van der Waals surface area contributed by atoms with Crippen LogP contribution in [-0.2, 0) is 7.05 Å². The number of hydrogen-bond acceptors (Lipinski definition) is 10. The second-order valence-electron chi connectivity index (χ2n) is 8.17. The molecule has 4 heterocycles. The summed E-state index contributed by atoms with van der Waals surface area (Å²) in [7, 11) is 4.91. The maximum absolute atomic E-state index is 12.6. The molecule has 0 aliphatic carbocycles. The van der Waals surface area contributed by atoms with Crippen molar-refractivity contribution in [3.8, 4) is 17.1 Å². The first-order valence-corrected chi connectivity index (χ1v) is 11.4. The highest BCUT2D eigenvalue weighted by molar-refractivity contribution is 5.99. The summed E-state index contributed by atoms with van der Waals surface area (Å²) < 4.78 is 7.32. The summed E-state index contributed by atoms with van der Waals surface area (Å²) in [5.41, 5.74) is 1.89. The molecule has 0 unspecified atom stereocenters. The smallest absolute Gasteiger partial charge is 0.273 e. The number of methoxy groups -OCH3 is 1. The van der Waals surface area contributed by atoms with Crippen molar-refractivity contribution >= 4 is 34.7 Å².